The SMILES string of the molecule is Cn1c(=O)n(C)c2cc(/C=C(\C#N)c3nn(-c4ccccc4)c(N)c3C#N)ccc21. The summed E-state index contributed by atoms with van der Waals surface area (Å²) in [7, 11) is 3.40. The molecule has 2 aromatic heterocycles. The van der Waals surface area contributed by atoms with E-state index in [4.69, 9.17) is 5.73 Å². The van der Waals surface area contributed by atoms with Crippen LogP contribution in [0.2, 0.25) is 0 Å². The maximum atomic E-state index is 12.2. The lowest BCUT2D eigenvalue weighted by Gasteiger charge is -2.02. The van der Waals surface area contributed by atoms with Crippen molar-refractivity contribution in [2.24, 2.45) is 14.1 Å². The van der Waals surface area contributed by atoms with Crippen molar-refractivity contribution in [2.45, 2.75) is 0 Å². The van der Waals surface area contributed by atoms with Gasteiger partial charge in [0.1, 0.15) is 29.2 Å². The highest BCUT2D eigenvalue weighted by molar-refractivity contribution is 5.93. The lowest BCUT2D eigenvalue weighted by atomic mass is 10.1. The molecule has 2 N–H and O–H groups in total. The van der Waals surface area contributed by atoms with E-state index in [-0.39, 0.29) is 28.3 Å². The molecule has 0 bridgehead atoms. The van der Waals surface area contributed by atoms with Gasteiger partial charge >= 0.3 is 5.69 Å². The van der Waals surface area contributed by atoms with Gasteiger partial charge in [0, 0.05) is 14.1 Å². The van der Waals surface area contributed by atoms with Crippen LogP contribution in [-0.2, 0) is 14.1 Å². The number of aryl methyl sites for hydroxylation is 2. The average Bonchev–Trinajstić information content (AvgIpc) is 3.22. The number of imidazole rings is 1. The first-order chi connectivity index (χ1) is 14.5. The van der Waals surface area contributed by atoms with Gasteiger partial charge in [0.05, 0.1) is 22.3 Å². The van der Waals surface area contributed by atoms with Crippen LogP contribution in [0.25, 0.3) is 28.4 Å². The Kier molecular flexibility index (Phi) is 4.46. The molecule has 0 aliphatic carbocycles. The van der Waals surface area contributed by atoms with Crippen LogP contribution >= 0.6 is 0 Å². The Morgan fingerprint density at radius 3 is 2.43 bits per heavy atom. The van der Waals surface area contributed by atoms with Crippen LogP contribution in [0.4, 0.5) is 5.82 Å². The summed E-state index contributed by atoms with van der Waals surface area (Å²) >= 11 is 0. The molecule has 4 rings (SSSR count). The summed E-state index contributed by atoms with van der Waals surface area (Å²) in [4.78, 5) is 12.2. The maximum Gasteiger partial charge on any atom is 0.328 e. The molecule has 0 spiro atoms. The van der Waals surface area contributed by atoms with Crippen molar-refractivity contribution in [2.75, 3.05) is 5.73 Å². The van der Waals surface area contributed by atoms with Crippen LogP contribution < -0.4 is 11.4 Å². The van der Waals surface area contributed by atoms with Crippen molar-refractivity contribution < 1.29 is 0 Å². The molecule has 0 atom stereocenters. The third-order valence-electron chi connectivity index (χ3n) is 5.02. The predicted molar refractivity (Wildman–Crippen MR) is 114 cm³/mol. The maximum absolute atomic E-state index is 12.2. The molecule has 0 amide bonds. The minimum Gasteiger partial charge on any atom is -0.382 e. The van der Waals surface area contributed by atoms with Gasteiger partial charge in [-0.15, -0.1) is 0 Å². The molecule has 0 fully saturated rings. The fourth-order valence-corrected chi connectivity index (χ4v) is 3.43. The number of fused-ring (bicyclic) bond motifs is 1. The molecule has 8 nitrogen and oxygen atoms in total. The number of benzene rings is 2. The molecular weight excluding hydrogens is 378 g/mol. The Labute approximate surface area is 171 Å². The zero-order valence-corrected chi connectivity index (χ0v) is 16.4. The van der Waals surface area contributed by atoms with Gasteiger partial charge in [-0.1, -0.05) is 24.3 Å². The number of aromatic nitrogens is 4. The molecular formula is C22H17N7O. The number of nitrogens with zero attached hydrogens (tertiary/aromatic N) is 6. The lowest BCUT2D eigenvalue weighted by Crippen LogP contribution is -2.19. The Morgan fingerprint density at radius 1 is 1.07 bits per heavy atom. The summed E-state index contributed by atoms with van der Waals surface area (Å²) in [6, 6.07) is 18.8. The number of rotatable bonds is 3. The number of nitriles is 2. The Balaban J connectivity index is 1.88. The van der Waals surface area contributed by atoms with Crippen LogP contribution in [0.15, 0.2) is 53.3 Å². The number of nitrogen functional groups attached to an aromatic ring is 1. The first-order valence-corrected chi connectivity index (χ1v) is 9.08. The second kappa shape index (κ2) is 7.12. The molecule has 0 aliphatic heterocycles. The zero-order chi connectivity index (χ0) is 21.4. The van der Waals surface area contributed by atoms with Crippen molar-refractivity contribution >= 4 is 28.5 Å². The highest BCUT2D eigenvalue weighted by Gasteiger charge is 2.20. The molecule has 0 aliphatic rings. The van der Waals surface area contributed by atoms with Gasteiger partial charge in [0.2, 0.25) is 0 Å². The fraction of sp³-hybridized carbons (Fsp3) is 0.0909. The normalized spacial score (nSPS) is 11.4. The molecule has 2 aromatic carbocycles. The third-order valence-corrected chi connectivity index (χ3v) is 5.02. The van der Waals surface area contributed by atoms with Crippen LogP contribution in [0, 0.1) is 22.7 Å². The van der Waals surface area contributed by atoms with E-state index in [1.807, 2.05) is 48.5 Å². The minimum atomic E-state index is -0.132. The van der Waals surface area contributed by atoms with Gasteiger partial charge in [0.25, 0.3) is 0 Å². The highest BCUT2D eigenvalue weighted by Crippen LogP contribution is 2.27. The van der Waals surface area contributed by atoms with E-state index in [1.54, 1.807) is 29.3 Å². The minimum absolute atomic E-state index is 0.132. The molecule has 0 unspecified atom stereocenters. The molecule has 0 saturated carbocycles. The Morgan fingerprint density at radius 2 is 1.77 bits per heavy atom. The first kappa shape index (κ1) is 18.8. The average molecular weight is 395 g/mol. The molecule has 8 heteroatoms. The van der Waals surface area contributed by atoms with Crippen molar-refractivity contribution in [3.63, 3.8) is 0 Å². The van der Waals surface area contributed by atoms with Gasteiger partial charge in [-0.2, -0.15) is 15.6 Å². The van der Waals surface area contributed by atoms with Crippen molar-refractivity contribution in [1.82, 2.24) is 18.9 Å². The van der Waals surface area contributed by atoms with Crippen molar-refractivity contribution in [3.8, 4) is 17.8 Å². The molecule has 0 radical (unpaired) electrons. The topological polar surface area (TPSA) is 118 Å². The van der Waals surface area contributed by atoms with E-state index in [0.717, 1.165) is 11.0 Å². The van der Waals surface area contributed by atoms with Crippen LogP contribution in [0.5, 0.6) is 0 Å². The second-order valence-corrected chi connectivity index (χ2v) is 6.79. The van der Waals surface area contributed by atoms with E-state index < -0.39 is 0 Å². The second-order valence-electron chi connectivity index (χ2n) is 6.79. The largest absolute Gasteiger partial charge is 0.382 e. The van der Waals surface area contributed by atoms with E-state index >= 15 is 0 Å². The van der Waals surface area contributed by atoms with E-state index in [0.29, 0.717) is 11.3 Å². The van der Waals surface area contributed by atoms with Gasteiger partial charge in [-0.25, -0.2) is 9.48 Å². The molecule has 4 aromatic rings. The fourth-order valence-electron chi connectivity index (χ4n) is 3.43. The summed E-state index contributed by atoms with van der Waals surface area (Å²) in [5.74, 6) is 0.167. The zero-order valence-electron chi connectivity index (χ0n) is 16.4. The summed E-state index contributed by atoms with van der Waals surface area (Å²) in [5, 5.41) is 23.8. The van der Waals surface area contributed by atoms with Crippen molar-refractivity contribution in [3.05, 3.63) is 75.8 Å². The molecule has 146 valence electrons. The van der Waals surface area contributed by atoms with Crippen molar-refractivity contribution in [1.29, 1.82) is 10.5 Å². The van der Waals surface area contributed by atoms with Crippen LogP contribution in [0.3, 0.4) is 0 Å². The smallest absolute Gasteiger partial charge is 0.328 e. The monoisotopic (exact) mass is 395 g/mol. The third kappa shape index (κ3) is 2.84. The van der Waals surface area contributed by atoms with Gasteiger partial charge in [0.15, 0.2) is 0 Å². The van der Waals surface area contributed by atoms with Crippen LogP contribution in [0.1, 0.15) is 16.8 Å². The van der Waals surface area contributed by atoms with Gasteiger partial charge < -0.3 is 5.73 Å². The Hall–Kier alpha value is -4.56. The highest BCUT2D eigenvalue weighted by atomic mass is 16.1. The summed E-state index contributed by atoms with van der Waals surface area (Å²) in [6.07, 6.45) is 1.63. The van der Waals surface area contributed by atoms with Gasteiger partial charge in [-0.3, -0.25) is 9.13 Å². The van der Waals surface area contributed by atoms with E-state index in [9.17, 15) is 15.3 Å². The summed E-state index contributed by atoms with van der Waals surface area (Å²) < 4.78 is 4.55. The number of nitrogens with two attached hydrogens (primary N) is 1. The number of hydrogen-bond acceptors (Lipinski definition) is 5. The molecule has 0 saturated heterocycles. The number of hydrogen-bond donors (Lipinski definition) is 1. The predicted octanol–water partition coefficient (Wildman–Crippen LogP) is 2.58. The molecule has 30 heavy (non-hydrogen) atoms. The number of allylic oxidation sites excluding steroid dienone is 1. The Bertz CT molecular complexity index is 1450. The van der Waals surface area contributed by atoms with Crippen LogP contribution in [-0.4, -0.2) is 18.9 Å². The quantitative estimate of drug-likeness (QED) is 0.535. The summed E-state index contributed by atoms with van der Waals surface area (Å²) in [6.45, 7) is 0. The molecule has 2 heterocycles. The number of anilines is 1. The standard InChI is InChI=1S/C22H17N7O/c1-27-18-9-8-14(11-19(18)28(2)22(27)30)10-15(12-23)20-17(13-24)21(25)29(26-20)16-6-4-3-5-7-16/h3-11H,25H2,1-2H3/b15-10+. The summed E-state index contributed by atoms with van der Waals surface area (Å²) in [5.41, 5.74) is 9.49. The lowest BCUT2D eigenvalue weighted by molar-refractivity contribution is 0.795. The van der Waals surface area contributed by atoms with E-state index in [2.05, 4.69) is 17.2 Å². The van der Waals surface area contributed by atoms with Gasteiger partial charge in [-0.05, 0) is 35.9 Å². The first-order valence-electron chi connectivity index (χ1n) is 9.08. The van der Waals surface area contributed by atoms with E-state index in [1.165, 1.54) is 4.68 Å². The number of para-hydroxylation sites is 1.